The fourth-order valence-corrected chi connectivity index (χ4v) is 1.94. The summed E-state index contributed by atoms with van der Waals surface area (Å²) in [6.07, 6.45) is 0.340. The van der Waals surface area contributed by atoms with Crippen LogP contribution in [-0.2, 0) is 4.79 Å². The molecule has 0 aromatic heterocycles. The SMILES string of the molecule is Cl.O=C(N[C@H]1CCNC1)C1CC(F)(F)C1. The highest BCUT2D eigenvalue weighted by atomic mass is 35.5. The van der Waals surface area contributed by atoms with E-state index in [4.69, 9.17) is 0 Å². The van der Waals surface area contributed by atoms with Gasteiger partial charge in [-0.05, 0) is 13.0 Å². The summed E-state index contributed by atoms with van der Waals surface area (Å²) in [7, 11) is 0. The van der Waals surface area contributed by atoms with E-state index in [2.05, 4.69) is 10.6 Å². The first-order valence-corrected chi connectivity index (χ1v) is 4.96. The quantitative estimate of drug-likeness (QED) is 0.754. The summed E-state index contributed by atoms with van der Waals surface area (Å²) >= 11 is 0. The van der Waals surface area contributed by atoms with Gasteiger partial charge in [0.25, 0.3) is 0 Å². The molecule has 1 amide bonds. The van der Waals surface area contributed by atoms with Crippen molar-refractivity contribution in [3.05, 3.63) is 0 Å². The lowest BCUT2D eigenvalue weighted by atomic mass is 9.80. The monoisotopic (exact) mass is 240 g/mol. The lowest BCUT2D eigenvalue weighted by Gasteiger charge is -2.34. The smallest absolute Gasteiger partial charge is 0.249 e. The predicted octanol–water partition coefficient (Wildman–Crippen LogP) is 0.932. The molecule has 1 saturated heterocycles. The molecule has 6 heteroatoms. The van der Waals surface area contributed by atoms with Crippen LogP contribution in [0.5, 0.6) is 0 Å². The van der Waals surface area contributed by atoms with Crippen molar-refractivity contribution >= 4 is 18.3 Å². The molecule has 0 radical (unpaired) electrons. The second-order valence-corrected chi connectivity index (χ2v) is 4.16. The van der Waals surface area contributed by atoms with Crippen molar-refractivity contribution in [2.24, 2.45) is 5.92 Å². The maximum absolute atomic E-state index is 12.5. The first-order chi connectivity index (χ1) is 6.57. The minimum absolute atomic E-state index is 0. The van der Waals surface area contributed by atoms with E-state index in [-0.39, 0.29) is 37.2 Å². The van der Waals surface area contributed by atoms with Gasteiger partial charge in [-0.25, -0.2) is 8.78 Å². The Morgan fingerprint density at radius 3 is 2.53 bits per heavy atom. The number of halogens is 3. The highest BCUT2D eigenvalue weighted by molar-refractivity contribution is 5.85. The molecule has 2 N–H and O–H groups in total. The number of amides is 1. The fourth-order valence-electron chi connectivity index (χ4n) is 1.94. The van der Waals surface area contributed by atoms with E-state index in [1.54, 1.807) is 0 Å². The van der Waals surface area contributed by atoms with Gasteiger partial charge < -0.3 is 10.6 Å². The first-order valence-electron chi connectivity index (χ1n) is 4.96. The molecule has 2 rings (SSSR count). The van der Waals surface area contributed by atoms with Crippen molar-refractivity contribution < 1.29 is 13.6 Å². The van der Waals surface area contributed by atoms with Crippen LogP contribution in [0.15, 0.2) is 0 Å². The normalized spacial score (nSPS) is 29.1. The van der Waals surface area contributed by atoms with Gasteiger partial charge in [0.2, 0.25) is 11.8 Å². The third-order valence-electron chi connectivity index (χ3n) is 2.87. The van der Waals surface area contributed by atoms with Crippen molar-refractivity contribution in [1.29, 1.82) is 0 Å². The van der Waals surface area contributed by atoms with Crippen LogP contribution in [0.4, 0.5) is 8.78 Å². The molecule has 1 aliphatic heterocycles. The average Bonchev–Trinajstić information content (AvgIpc) is 2.52. The maximum atomic E-state index is 12.5. The van der Waals surface area contributed by atoms with Gasteiger partial charge in [0.05, 0.1) is 0 Å². The van der Waals surface area contributed by atoms with Crippen LogP contribution in [0.1, 0.15) is 19.3 Å². The van der Waals surface area contributed by atoms with Crippen LogP contribution in [0, 0.1) is 5.92 Å². The Bertz CT molecular complexity index is 236. The second kappa shape index (κ2) is 4.61. The molecule has 15 heavy (non-hydrogen) atoms. The lowest BCUT2D eigenvalue weighted by Crippen LogP contribution is -2.48. The molecule has 0 bridgehead atoms. The topological polar surface area (TPSA) is 41.1 Å². The Kier molecular flexibility index (Phi) is 3.89. The molecule has 1 heterocycles. The van der Waals surface area contributed by atoms with Gasteiger partial charge in [-0.1, -0.05) is 0 Å². The van der Waals surface area contributed by atoms with Crippen LogP contribution >= 0.6 is 12.4 Å². The zero-order valence-electron chi connectivity index (χ0n) is 8.26. The Labute approximate surface area is 93.4 Å². The summed E-state index contributed by atoms with van der Waals surface area (Å²) in [4.78, 5) is 11.4. The van der Waals surface area contributed by atoms with E-state index in [1.807, 2.05) is 0 Å². The Hall–Kier alpha value is -0.420. The van der Waals surface area contributed by atoms with Crippen LogP contribution in [-0.4, -0.2) is 31.0 Å². The Morgan fingerprint density at radius 2 is 2.07 bits per heavy atom. The molecule has 0 aromatic rings. The first kappa shape index (κ1) is 12.6. The Balaban J connectivity index is 0.00000112. The minimum Gasteiger partial charge on any atom is -0.352 e. The number of hydrogen-bond donors (Lipinski definition) is 2. The van der Waals surface area contributed by atoms with Crippen molar-refractivity contribution in [2.45, 2.75) is 31.2 Å². The zero-order chi connectivity index (χ0) is 10.2. The van der Waals surface area contributed by atoms with Crippen molar-refractivity contribution in [3.8, 4) is 0 Å². The summed E-state index contributed by atoms with van der Waals surface area (Å²) in [5.41, 5.74) is 0. The van der Waals surface area contributed by atoms with Gasteiger partial charge in [0, 0.05) is 31.3 Å². The van der Waals surface area contributed by atoms with E-state index in [9.17, 15) is 13.6 Å². The molecule has 0 unspecified atom stereocenters. The maximum Gasteiger partial charge on any atom is 0.249 e. The molecule has 88 valence electrons. The number of nitrogens with one attached hydrogen (secondary N) is 2. The highest BCUT2D eigenvalue weighted by Gasteiger charge is 2.48. The van der Waals surface area contributed by atoms with Crippen molar-refractivity contribution in [3.63, 3.8) is 0 Å². The summed E-state index contributed by atoms with van der Waals surface area (Å²) in [5, 5.41) is 5.89. The third-order valence-corrected chi connectivity index (χ3v) is 2.87. The molecule has 1 atom stereocenters. The van der Waals surface area contributed by atoms with Crippen LogP contribution in [0.25, 0.3) is 0 Å². The largest absolute Gasteiger partial charge is 0.352 e. The molecule has 2 fully saturated rings. The predicted molar refractivity (Wildman–Crippen MR) is 54.3 cm³/mol. The minimum atomic E-state index is -2.60. The molecule has 1 aliphatic carbocycles. The van der Waals surface area contributed by atoms with Crippen molar-refractivity contribution in [2.75, 3.05) is 13.1 Å². The summed E-state index contributed by atoms with van der Waals surface area (Å²) in [6.45, 7) is 1.65. The van der Waals surface area contributed by atoms with Gasteiger partial charge in [-0.2, -0.15) is 0 Å². The standard InChI is InChI=1S/C9H14F2N2O.ClH/c10-9(11)3-6(4-9)8(14)13-7-1-2-12-5-7;/h6-7,12H,1-5H2,(H,13,14);1H/t7-;/m0./s1. The van der Waals surface area contributed by atoms with E-state index in [1.165, 1.54) is 0 Å². The third kappa shape index (κ3) is 3.01. The van der Waals surface area contributed by atoms with E-state index in [0.29, 0.717) is 0 Å². The van der Waals surface area contributed by atoms with Gasteiger partial charge >= 0.3 is 0 Å². The Morgan fingerprint density at radius 1 is 1.40 bits per heavy atom. The zero-order valence-corrected chi connectivity index (χ0v) is 9.08. The lowest BCUT2D eigenvalue weighted by molar-refractivity contribution is -0.150. The number of alkyl halides is 2. The van der Waals surface area contributed by atoms with Gasteiger partial charge in [0.1, 0.15) is 0 Å². The molecule has 0 spiro atoms. The van der Waals surface area contributed by atoms with E-state index >= 15 is 0 Å². The van der Waals surface area contributed by atoms with Crippen LogP contribution in [0.2, 0.25) is 0 Å². The highest BCUT2D eigenvalue weighted by Crippen LogP contribution is 2.42. The number of carbonyl (C=O) groups excluding carboxylic acids is 1. The summed E-state index contributed by atoms with van der Waals surface area (Å²) < 4.78 is 24.9. The van der Waals surface area contributed by atoms with Gasteiger partial charge in [-0.3, -0.25) is 4.79 Å². The van der Waals surface area contributed by atoms with E-state index < -0.39 is 11.8 Å². The second-order valence-electron chi connectivity index (χ2n) is 4.16. The number of rotatable bonds is 2. The molecule has 3 nitrogen and oxygen atoms in total. The molecule has 2 aliphatic rings. The molecule has 1 saturated carbocycles. The molecule has 0 aromatic carbocycles. The fraction of sp³-hybridized carbons (Fsp3) is 0.889. The average molecular weight is 241 g/mol. The summed E-state index contributed by atoms with van der Waals surface area (Å²) in [6, 6.07) is 0.136. The number of hydrogen-bond acceptors (Lipinski definition) is 2. The molecular weight excluding hydrogens is 226 g/mol. The van der Waals surface area contributed by atoms with Gasteiger partial charge in [0.15, 0.2) is 0 Å². The number of carbonyl (C=O) groups is 1. The molecular formula is C9H15ClF2N2O. The van der Waals surface area contributed by atoms with Crippen LogP contribution < -0.4 is 10.6 Å². The summed E-state index contributed by atoms with van der Waals surface area (Å²) in [5.74, 6) is -3.27. The van der Waals surface area contributed by atoms with Gasteiger partial charge in [-0.15, -0.1) is 12.4 Å². The van der Waals surface area contributed by atoms with Crippen molar-refractivity contribution in [1.82, 2.24) is 10.6 Å². The van der Waals surface area contributed by atoms with Crippen LogP contribution in [0.3, 0.4) is 0 Å². The van der Waals surface area contributed by atoms with E-state index in [0.717, 1.165) is 19.5 Å².